The highest BCUT2D eigenvalue weighted by Gasteiger charge is 2.30. The molecular weight excluding hydrogens is 638 g/mol. The summed E-state index contributed by atoms with van der Waals surface area (Å²) in [5.74, 6) is 0. The SMILES string of the molecule is C.CC(c1ccc(C(F)(F)Cl)nc1)S(C)(=O)=NC#N.CC(c1ccc(C(F)(F)Cl)nc1)S(C)=NC#N.CCOO.F. The molecule has 2 aromatic rings. The van der Waals surface area contributed by atoms with Crippen LogP contribution in [0, 0.1) is 22.9 Å². The summed E-state index contributed by atoms with van der Waals surface area (Å²) in [6.07, 6.45) is 8.84. The molecule has 0 saturated heterocycles. The number of rotatable bonds is 7. The molecule has 2 aromatic heterocycles. The van der Waals surface area contributed by atoms with Crippen molar-refractivity contribution in [3.05, 3.63) is 59.2 Å². The first-order chi connectivity index (χ1) is 18.0. The summed E-state index contributed by atoms with van der Waals surface area (Å²) in [5.41, 5.74) is 0.133. The molecule has 4 unspecified atom stereocenters. The summed E-state index contributed by atoms with van der Waals surface area (Å²) >= 11 is 9.66. The van der Waals surface area contributed by atoms with E-state index >= 15 is 0 Å². The monoisotopic (exact) mass is 668 g/mol. The molecule has 0 radical (unpaired) electrons. The fourth-order valence-electron chi connectivity index (χ4n) is 2.38. The zero-order chi connectivity index (χ0) is 30.4. The van der Waals surface area contributed by atoms with Crippen molar-refractivity contribution in [2.45, 2.75) is 49.5 Å². The molecule has 1 N–H and O–H groups in total. The summed E-state index contributed by atoms with van der Waals surface area (Å²) in [4.78, 5) is 10.7. The predicted molar refractivity (Wildman–Crippen MR) is 152 cm³/mol. The normalized spacial score (nSPS) is 14.3. The van der Waals surface area contributed by atoms with Gasteiger partial charge < -0.3 is 0 Å². The van der Waals surface area contributed by atoms with Crippen LogP contribution in [0.15, 0.2) is 45.4 Å². The molecule has 41 heavy (non-hydrogen) atoms. The summed E-state index contributed by atoms with van der Waals surface area (Å²) in [5, 5.41) is 16.6. The fourth-order valence-corrected chi connectivity index (χ4v) is 4.39. The third-order valence-electron chi connectivity index (χ3n) is 4.80. The minimum atomic E-state index is -3.54. The Kier molecular flexibility index (Phi) is 20.6. The van der Waals surface area contributed by atoms with Crippen LogP contribution in [0.4, 0.5) is 22.3 Å². The van der Waals surface area contributed by atoms with E-state index in [1.807, 2.05) is 6.92 Å². The number of hydrogen-bond acceptors (Lipinski definition) is 9. The number of halogens is 7. The van der Waals surface area contributed by atoms with E-state index in [1.165, 1.54) is 36.8 Å². The number of nitrogens with zero attached hydrogens (tertiary/aromatic N) is 6. The first-order valence-corrected chi connectivity index (χ1v) is 15.0. The van der Waals surface area contributed by atoms with Crippen molar-refractivity contribution < 1.29 is 36.6 Å². The van der Waals surface area contributed by atoms with Gasteiger partial charge in [-0.05, 0) is 73.5 Å². The van der Waals surface area contributed by atoms with E-state index in [-0.39, 0.29) is 17.4 Å². The highest BCUT2D eigenvalue weighted by Crippen LogP contribution is 2.32. The lowest BCUT2D eigenvalue weighted by atomic mass is 10.2. The molecule has 2 heterocycles. The Morgan fingerprint density at radius 2 is 1.46 bits per heavy atom. The van der Waals surface area contributed by atoms with Crippen LogP contribution >= 0.6 is 23.2 Å². The molecule has 9 nitrogen and oxygen atoms in total. The van der Waals surface area contributed by atoms with Gasteiger partial charge in [-0.25, -0.2) is 9.10 Å². The molecular formula is C23H31Cl2F5N6O3S2. The molecule has 0 amide bonds. The lowest BCUT2D eigenvalue weighted by molar-refractivity contribution is -0.237. The van der Waals surface area contributed by atoms with Gasteiger partial charge in [0.15, 0.2) is 0 Å². The maximum Gasteiger partial charge on any atom is 0.364 e. The van der Waals surface area contributed by atoms with E-state index in [9.17, 15) is 21.8 Å². The lowest BCUT2D eigenvalue weighted by Crippen LogP contribution is -2.10. The van der Waals surface area contributed by atoms with Crippen LogP contribution in [-0.4, -0.2) is 38.6 Å². The first kappa shape index (κ1) is 43.0. The van der Waals surface area contributed by atoms with Crippen molar-refractivity contribution in [1.82, 2.24) is 9.97 Å². The van der Waals surface area contributed by atoms with Gasteiger partial charge in [-0.15, -0.1) is 4.36 Å². The van der Waals surface area contributed by atoms with Gasteiger partial charge in [-0.2, -0.15) is 32.4 Å². The van der Waals surface area contributed by atoms with Crippen molar-refractivity contribution in [2.24, 2.45) is 8.73 Å². The van der Waals surface area contributed by atoms with Crippen LogP contribution < -0.4 is 0 Å². The van der Waals surface area contributed by atoms with Gasteiger partial charge in [0.25, 0.3) is 0 Å². The fraction of sp³-hybridized carbons (Fsp3) is 0.478. The molecule has 0 aliphatic carbocycles. The summed E-state index contributed by atoms with van der Waals surface area (Å²) < 4.78 is 69.9. The van der Waals surface area contributed by atoms with Crippen LogP contribution in [0.3, 0.4) is 0 Å². The van der Waals surface area contributed by atoms with E-state index in [1.54, 1.807) is 26.3 Å². The Balaban J connectivity index is -0.000000597. The number of nitriles is 2. The number of alkyl halides is 6. The third-order valence-corrected chi connectivity index (χ3v) is 8.88. The molecule has 0 fully saturated rings. The van der Waals surface area contributed by atoms with E-state index in [0.29, 0.717) is 12.2 Å². The number of hydrogen-bond donors (Lipinski definition) is 1. The molecule has 0 spiro atoms. The van der Waals surface area contributed by atoms with Crippen LogP contribution in [0.25, 0.3) is 0 Å². The van der Waals surface area contributed by atoms with Crippen LogP contribution in [0.5, 0.6) is 0 Å². The second kappa shape index (κ2) is 19.6. The Labute approximate surface area is 249 Å². The van der Waals surface area contributed by atoms with Gasteiger partial charge in [0, 0.05) is 23.9 Å². The average Bonchev–Trinajstić information content (AvgIpc) is 2.87. The van der Waals surface area contributed by atoms with Crippen molar-refractivity contribution in [3.63, 3.8) is 0 Å². The van der Waals surface area contributed by atoms with Crippen molar-refractivity contribution >= 4 is 43.6 Å². The number of aromatic nitrogens is 2. The maximum absolute atomic E-state index is 12.7. The molecule has 2 rings (SSSR count). The quantitative estimate of drug-likeness (QED) is 0.105. The first-order valence-electron chi connectivity index (χ1n) is 10.6. The summed E-state index contributed by atoms with van der Waals surface area (Å²) in [6.45, 7) is 5.53. The summed E-state index contributed by atoms with van der Waals surface area (Å²) in [7, 11) is -3.25. The Hall–Kier alpha value is -2.47. The van der Waals surface area contributed by atoms with E-state index in [4.69, 9.17) is 39.0 Å². The molecule has 0 saturated carbocycles. The predicted octanol–water partition coefficient (Wildman–Crippen LogP) is 7.64. The zero-order valence-corrected chi connectivity index (χ0v) is 24.9. The Morgan fingerprint density at radius 1 is 1.05 bits per heavy atom. The Morgan fingerprint density at radius 3 is 1.76 bits per heavy atom. The van der Waals surface area contributed by atoms with Gasteiger partial charge in [0.2, 0.25) is 12.4 Å². The minimum absolute atomic E-state index is 0. The van der Waals surface area contributed by atoms with Crippen LogP contribution in [0.1, 0.15) is 61.2 Å². The maximum atomic E-state index is 12.7. The second-order valence-corrected chi connectivity index (χ2v) is 12.9. The third kappa shape index (κ3) is 15.4. The average molecular weight is 670 g/mol. The highest BCUT2D eigenvalue weighted by molar-refractivity contribution is 7.93. The van der Waals surface area contributed by atoms with Gasteiger partial charge in [0.1, 0.15) is 11.4 Å². The minimum Gasteiger partial charge on any atom is -0.269 e. The smallest absolute Gasteiger partial charge is 0.269 e. The topological polar surface area (TPSA) is 145 Å². The Bertz CT molecular complexity index is 1290. The molecule has 0 aromatic carbocycles. The largest absolute Gasteiger partial charge is 0.364 e. The van der Waals surface area contributed by atoms with E-state index < -0.39 is 47.8 Å². The van der Waals surface area contributed by atoms with Crippen LogP contribution in [0.2, 0.25) is 0 Å². The van der Waals surface area contributed by atoms with Crippen molar-refractivity contribution in [1.29, 1.82) is 10.5 Å². The summed E-state index contributed by atoms with van der Waals surface area (Å²) in [6, 6.07) is 5.11. The van der Waals surface area contributed by atoms with E-state index in [0.717, 1.165) is 17.8 Å². The van der Waals surface area contributed by atoms with Crippen LogP contribution in [-0.2, 0) is 36.1 Å². The molecule has 0 bridgehead atoms. The van der Waals surface area contributed by atoms with Gasteiger partial charge in [0.05, 0.1) is 21.6 Å². The van der Waals surface area contributed by atoms with Gasteiger partial charge >= 0.3 is 10.8 Å². The van der Waals surface area contributed by atoms with Gasteiger partial charge in [-0.3, -0.25) is 19.9 Å². The lowest BCUT2D eigenvalue weighted by Gasteiger charge is -2.13. The molecule has 18 heteroatoms. The zero-order valence-electron chi connectivity index (χ0n) is 21.8. The molecule has 0 aliphatic heterocycles. The van der Waals surface area contributed by atoms with Crippen molar-refractivity contribution in [3.8, 4) is 12.4 Å². The molecule has 4 atom stereocenters. The van der Waals surface area contributed by atoms with Crippen molar-refractivity contribution in [2.75, 3.05) is 19.1 Å². The van der Waals surface area contributed by atoms with Gasteiger partial charge in [-0.1, -0.05) is 30.3 Å². The molecule has 0 aliphatic rings. The highest BCUT2D eigenvalue weighted by atomic mass is 35.5. The standard InChI is InChI=1S/C10H10ClF2N3OS.C10H10ClF2N3S.C2H6O2.CH4.FH/c1-7(18(2,17)16-6-14)8-3-4-9(15-5-8)10(11,12)13;1-7(17(2)16-6-14)8-3-4-9(15-5-8)10(11,12)13;1-2-4-3;;/h3-5,7H,1-2H3;3-5,7H,1-2H3;3H,2H2,1H3;1H4;1H. The second-order valence-electron chi connectivity index (χ2n) is 7.42. The molecule has 232 valence electrons. The number of pyridine rings is 2. The van der Waals surface area contributed by atoms with E-state index in [2.05, 4.69) is 23.6 Å².